The van der Waals surface area contributed by atoms with Gasteiger partial charge in [-0.25, -0.2) is 0 Å². The Morgan fingerprint density at radius 2 is 1.94 bits per heavy atom. The molecule has 0 aromatic heterocycles. The highest BCUT2D eigenvalue weighted by molar-refractivity contribution is 5.85. The summed E-state index contributed by atoms with van der Waals surface area (Å²) in [5, 5.41) is 6.06. The standard InChI is InChI=1S/C13H25N3O2/c1-10(2)8-15-12(17)9-16(3)13(18)11-4-6-14-7-5-11/h10-11,14H,4-9H2,1-3H3,(H,15,17). The molecule has 0 bridgehead atoms. The number of likely N-dealkylation sites (N-methyl/N-ethyl adjacent to an activating group) is 1. The lowest BCUT2D eigenvalue weighted by molar-refractivity contribution is -0.138. The Labute approximate surface area is 109 Å². The molecule has 0 atom stereocenters. The summed E-state index contributed by atoms with van der Waals surface area (Å²) in [6, 6.07) is 0. The van der Waals surface area contributed by atoms with E-state index in [2.05, 4.69) is 10.6 Å². The largest absolute Gasteiger partial charge is 0.354 e. The SMILES string of the molecule is CC(C)CNC(=O)CN(C)C(=O)C1CCNCC1. The first-order valence-corrected chi connectivity index (χ1v) is 6.73. The molecular weight excluding hydrogens is 230 g/mol. The molecule has 1 heterocycles. The van der Waals surface area contributed by atoms with E-state index in [0.29, 0.717) is 12.5 Å². The lowest BCUT2D eigenvalue weighted by Crippen LogP contribution is -2.44. The fraction of sp³-hybridized carbons (Fsp3) is 0.846. The third-order valence-electron chi connectivity index (χ3n) is 3.15. The Morgan fingerprint density at radius 3 is 2.50 bits per heavy atom. The van der Waals surface area contributed by atoms with Crippen molar-refractivity contribution in [3.05, 3.63) is 0 Å². The summed E-state index contributed by atoms with van der Waals surface area (Å²) in [4.78, 5) is 25.3. The van der Waals surface area contributed by atoms with E-state index in [4.69, 9.17) is 0 Å². The molecular formula is C13H25N3O2. The van der Waals surface area contributed by atoms with Crippen LogP contribution in [0.4, 0.5) is 0 Å². The smallest absolute Gasteiger partial charge is 0.239 e. The molecule has 5 nitrogen and oxygen atoms in total. The summed E-state index contributed by atoms with van der Waals surface area (Å²) in [6.45, 7) is 6.70. The van der Waals surface area contributed by atoms with Crippen molar-refractivity contribution in [3.63, 3.8) is 0 Å². The van der Waals surface area contributed by atoms with Crippen molar-refractivity contribution in [2.75, 3.05) is 33.2 Å². The van der Waals surface area contributed by atoms with Gasteiger partial charge in [0.2, 0.25) is 11.8 Å². The summed E-state index contributed by atoms with van der Waals surface area (Å²) >= 11 is 0. The average Bonchev–Trinajstić information content (AvgIpc) is 2.36. The van der Waals surface area contributed by atoms with Crippen molar-refractivity contribution >= 4 is 11.8 Å². The maximum atomic E-state index is 12.1. The molecule has 0 aliphatic carbocycles. The molecule has 0 aromatic rings. The Bertz CT molecular complexity index is 286. The number of carbonyl (C=O) groups is 2. The number of nitrogens with zero attached hydrogens (tertiary/aromatic N) is 1. The minimum atomic E-state index is -0.0755. The highest BCUT2D eigenvalue weighted by Gasteiger charge is 2.24. The van der Waals surface area contributed by atoms with Crippen LogP contribution in [-0.2, 0) is 9.59 Å². The molecule has 0 aromatic carbocycles. The van der Waals surface area contributed by atoms with Crippen LogP contribution in [0.1, 0.15) is 26.7 Å². The van der Waals surface area contributed by atoms with Crippen LogP contribution in [0.3, 0.4) is 0 Å². The van der Waals surface area contributed by atoms with Gasteiger partial charge in [-0.3, -0.25) is 9.59 Å². The van der Waals surface area contributed by atoms with Crippen molar-refractivity contribution in [2.24, 2.45) is 11.8 Å². The van der Waals surface area contributed by atoms with Crippen molar-refractivity contribution in [1.29, 1.82) is 0 Å². The minimum Gasteiger partial charge on any atom is -0.354 e. The molecule has 0 unspecified atom stereocenters. The molecule has 1 fully saturated rings. The number of rotatable bonds is 5. The zero-order chi connectivity index (χ0) is 13.5. The third-order valence-corrected chi connectivity index (χ3v) is 3.15. The number of nitrogens with one attached hydrogen (secondary N) is 2. The number of piperidine rings is 1. The first kappa shape index (κ1) is 15.0. The Hall–Kier alpha value is -1.10. The first-order chi connectivity index (χ1) is 8.50. The predicted molar refractivity (Wildman–Crippen MR) is 71.1 cm³/mol. The van der Waals surface area contributed by atoms with Crippen molar-refractivity contribution in [3.8, 4) is 0 Å². The molecule has 1 aliphatic heterocycles. The zero-order valence-electron chi connectivity index (χ0n) is 11.7. The van der Waals surface area contributed by atoms with Gasteiger partial charge in [0.25, 0.3) is 0 Å². The molecule has 104 valence electrons. The second-order valence-corrected chi connectivity index (χ2v) is 5.42. The van der Waals surface area contributed by atoms with Gasteiger partial charge in [-0.1, -0.05) is 13.8 Å². The number of amides is 2. The van der Waals surface area contributed by atoms with Crippen LogP contribution in [0.25, 0.3) is 0 Å². The summed E-state index contributed by atoms with van der Waals surface area (Å²) < 4.78 is 0. The van der Waals surface area contributed by atoms with Crippen LogP contribution in [0, 0.1) is 11.8 Å². The van der Waals surface area contributed by atoms with E-state index in [-0.39, 0.29) is 24.3 Å². The van der Waals surface area contributed by atoms with Crippen molar-refractivity contribution in [1.82, 2.24) is 15.5 Å². The molecule has 0 spiro atoms. The summed E-state index contributed by atoms with van der Waals surface area (Å²) in [5.41, 5.74) is 0. The molecule has 2 amide bonds. The van der Waals surface area contributed by atoms with Gasteiger partial charge in [0, 0.05) is 19.5 Å². The number of hydrogen-bond acceptors (Lipinski definition) is 3. The van der Waals surface area contributed by atoms with E-state index in [0.717, 1.165) is 25.9 Å². The monoisotopic (exact) mass is 255 g/mol. The molecule has 0 radical (unpaired) electrons. The lowest BCUT2D eigenvalue weighted by atomic mass is 9.97. The van der Waals surface area contributed by atoms with Gasteiger partial charge in [0.15, 0.2) is 0 Å². The van der Waals surface area contributed by atoms with E-state index in [1.54, 1.807) is 11.9 Å². The molecule has 1 saturated heterocycles. The first-order valence-electron chi connectivity index (χ1n) is 6.73. The highest BCUT2D eigenvalue weighted by Crippen LogP contribution is 2.14. The van der Waals surface area contributed by atoms with Crippen LogP contribution < -0.4 is 10.6 Å². The van der Waals surface area contributed by atoms with E-state index in [1.807, 2.05) is 13.8 Å². The van der Waals surface area contributed by atoms with Crippen LogP contribution in [-0.4, -0.2) is 49.9 Å². The molecule has 0 saturated carbocycles. The molecule has 1 aliphatic rings. The van der Waals surface area contributed by atoms with Gasteiger partial charge >= 0.3 is 0 Å². The number of carbonyl (C=O) groups excluding carboxylic acids is 2. The molecule has 5 heteroatoms. The van der Waals surface area contributed by atoms with Crippen molar-refractivity contribution in [2.45, 2.75) is 26.7 Å². The van der Waals surface area contributed by atoms with Gasteiger partial charge in [-0.15, -0.1) is 0 Å². The van der Waals surface area contributed by atoms with Gasteiger partial charge in [0.1, 0.15) is 0 Å². The maximum Gasteiger partial charge on any atom is 0.239 e. The molecule has 18 heavy (non-hydrogen) atoms. The Morgan fingerprint density at radius 1 is 1.33 bits per heavy atom. The second-order valence-electron chi connectivity index (χ2n) is 5.42. The van der Waals surface area contributed by atoms with Crippen LogP contribution >= 0.6 is 0 Å². The van der Waals surface area contributed by atoms with Crippen LogP contribution in [0.15, 0.2) is 0 Å². The fourth-order valence-electron chi connectivity index (χ4n) is 2.05. The molecule has 1 rings (SSSR count). The fourth-order valence-corrected chi connectivity index (χ4v) is 2.05. The second kappa shape index (κ2) is 7.36. The van der Waals surface area contributed by atoms with Crippen molar-refractivity contribution < 1.29 is 9.59 Å². The lowest BCUT2D eigenvalue weighted by Gasteiger charge is -2.26. The summed E-state index contributed by atoms with van der Waals surface area (Å²) in [7, 11) is 1.71. The highest BCUT2D eigenvalue weighted by atomic mass is 16.2. The van der Waals surface area contributed by atoms with Gasteiger partial charge < -0.3 is 15.5 Å². The summed E-state index contributed by atoms with van der Waals surface area (Å²) in [6.07, 6.45) is 1.74. The van der Waals surface area contributed by atoms with E-state index in [9.17, 15) is 9.59 Å². The van der Waals surface area contributed by atoms with Crippen LogP contribution in [0.2, 0.25) is 0 Å². The predicted octanol–water partition coefficient (Wildman–Crippen LogP) is 0.217. The average molecular weight is 255 g/mol. The normalized spacial score (nSPS) is 16.7. The van der Waals surface area contributed by atoms with Gasteiger partial charge in [-0.05, 0) is 31.8 Å². The summed E-state index contributed by atoms with van der Waals surface area (Å²) in [5.74, 6) is 0.526. The van der Waals surface area contributed by atoms with Crippen LogP contribution in [0.5, 0.6) is 0 Å². The zero-order valence-corrected chi connectivity index (χ0v) is 11.7. The van der Waals surface area contributed by atoms with E-state index in [1.165, 1.54) is 0 Å². The minimum absolute atomic E-state index is 0.0755. The topological polar surface area (TPSA) is 61.4 Å². The van der Waals surface area contributed by atoms with Gasteiger partial charge in [0.05, 0.1) is 6.54 Å². The Kier molecular flexibility index (Phi) is 6.12. The van der Waals surface area contributed by atoms with Gasteiger partial charge in [-0.2, -0.15) is 0 Å². The molecule has 2 N–H and O–H groups in total. The maximum absolute atomic E-state index is 12.1. The van der Waals surface area contributed by atoms with E-state index < -0.39 is 0 Å². The quantitative estimate of drug-likeness (QED) is 0.738. The number of hydrogen-bond donors (Lipinski definition) is 2. The third kappa shape index (κ3) is 5.04. The Balaban J connectivity index is 2.32. The van der Waals surface area contributed by atoms with E-state index >= 15 is 0 Å².